The smallest absolute Gasteiger partial charge is 0.136 e. The lowest BCUT2D eigenvalue weighted by atomic mass is 9.91. The van der Waals surface area contributed by atoms with Crippen LogP contribution >= 0.6 is 0 Å². The molecule has 0 saturated heterocycles. The predicted molar refractivity (Wildman–Crippen MR) is 113 cm³/mol. The Labute approximate surface area is 160 Å². The van der Waals surface area contributed by atoms with Crippen molar-refractivity contribution in [3.63, 3.8) is 0 Å². The van der Waals surface area contributed by atoms with Crippen LogP contribution < -0.4 is 16.0 Å². The summed E-state index contributed by atoms with van der Waals surface area (Å²) in [6.45, 7) is 0. The second-order valence-corrected chi connectivity index (χ2v) is 7.57. The summed E-state index contributed by atoms with van der Waals surface area (Å²) in [5.41, 5.74) is 10.5. The van der Waals surface area contributed by atoms with Crippen molar-refractivity contribution < 1.29 is 0 Å². The van der Waals surface area contributed by atoms with Gasteiger partial charge in [0.05, 0.1) is 11.2 Å². The number of nitrogens with one attached hydrogen (secondary N) is 1. The molecule has 3 aromatic rings. The minimum atomic E-state index is 0.176. The number of rotatable bonds is 4. The standard InChI is InChI=1S/C22H27N5/c1-27(2)16-11-9-15(10-12-16)20-14-21-17(6-5-13-24-21)22(26-20)25-19-8-4-3-7-18(19)23/h5-6,9-14,18-19H,3-4,7-8,23H2,1-2H3,(H,25,26). The van der Waals surface area contributed by atoms with Crippen molar-refractivity contribution in [3.05, 3.63) is 48.7 Å². The van der Waals surface area contributed by atoms with Crippen molar-refractivity contribution in [2.24, 2.45) is 5.73 Å². The molecule has 27 heavy (non-hydrogen) atoms. The van der Waals surface area contributed by atoms with Gasteiger partial charge in [-0.05, 0) is 43.2 Å². The minimum absolute atomic E-state index is 0.176. The zero-order valence-electron chi connectivity index (χ0n) is 16.0. The number of anilines is 2. The highest BCUT2D eigenvalue weighted by Gasteiger charge is 2.23. The van der Waals surface area contributed by atoms with Gasteiger partial charge in [-0.3, -0.25) is 4.98 Å². The topological polar surface area (TPSA) is 67.1 Å². The van der Waals surface area contributed by atoms with Crippen molar-refractivity contribution >= 4 is 22.4 Å². The van der Waals surface area contributed by atoms with Gasteiger partial charge in [0.15, 0.2) is 0 Å². The fourth-order valence-corrected chi connectivity index (χ4v) is 3.78. The summed E-state index contributed by atoms with van der Waals surface area (Å²) < 4.78 is 0. The lowest BCUT2D eigenvalue weighted by molar-refractivity contribution is 0.403. The highest BCUT2D eigenvalue weighted by molar-refractivity contribution is 5.92. The van der Waals surface area contributed by atoms with E-state index >= 15 is 0 Å². The van der Waals surface area contributed by atoms with Crippen molar-refractivity contribution in [1.29, 1.82) is 0 Å². The molecular formula is C22H27N5. The Bertz CT molecular complexity index is 920. The van der Waals surface area contributed by atoms with Crippen LogP contribution in [0, 0.1) is 0 Å². The maximum absolute atomic E-state index is 6.35. The first kappa shape index (κ1) is 17.7. The lowest BCUT2D eigenvalue weighted by Gasteiger charge is -2.30. The molecule has 0 spiro atoms. The number of hydrogen-bond donors (Lipinski definition) is 2. The Hall–Kier alpha value is -2.66. The van der Waals surface area contributed by atoms with Crippen LogP contribution in [-0.4, -0.2) is 36.1 Å². The Kier molecular flexibility index (Phi) is 4.94. The van der Waals surface area contributed by atoms with Crippen molar-refractivity contribution in [1.82, 2.24) is 9.97 Å². The number of benzene rings is 1. The fourth-order valence-electron chi connectivity index (χ4n) is 3.78. The van der Waals surface area contributed by atoms with Crippen LogP contribution in [0.3, 0.4) is 0 Å². The van der Waals surface area contributed by atoms with Crippen LogP contribution in [0.4, 0.5) is 11.5 Å². The third-order valence-corrected chi connectivity index (χ3v) is 5.42. The zero-order chi connectivity index (χ0) is 18.8. The first-order valence-electron chi connectivity index (χ1n) is 9.67. The Balaban J connectivity index is 1.73. The Morgan fingerprint density at radius 1 is 1.07 bits per heavy atom. The highest BCUT2D eigenvalue weighted by atomic mass is 15.1. The van der Waals surface area contributed by atoms with Gasteiger partial charge in [-0.2, -0.15) is 0 Å². The van der Waals surface area contributed by atoms with E-state index in [1.807, 2.05) is 26.4 Å². The molecule has 2 atom stereocenters. The molecule has 1 saturated carbocycles. The Morgan fingerprint density at radius 3 is 2.59 bits per heavy atom. The van der Waals surface area contributed by atoms with Gasteiger partial charge in [0.25, 0.3) is 0 Å². The van der Waals surface area contributed by atoms with E-state index in [2.05, 4.69) is 51.6 Å². The van der Waals surface area contributed by atoms with E-state index in [0.717, 1.165) is 40.8 Å². The van der Waals surface area contributed by atoms with Crippen LogP contribution in [0.2, 0.25) is 0 Å². The molecule has 140 valence electrons. The van der Waals surface area contributed by atoms with Gasteiger partial charge < -0.3 is 16.0 Å². The minimum Gasteiger partial charge on any atom is -0.378 e. The maximum Gasteiger partial charge on any atom is 0.136 e. The van der Waals surface area contributed by atoms with Crippen LogP contribution in [-0.2, 0) is 0 Å². The van der Waals surface area contributed by atoms with E-state index in [1.54, 1.807) is 0 Å². The number of nitrogens with zero attached hydrogens (tertiary/aromatic N) is 3. The second-order valence-electron chi connectivity index (χ2n) is 7.57. The molecule has 1 aliphatic carbocycles. The normalized spacial score (nSPS) is 19.8. The average molecular weight is 361 g/mol. The quantitative estimate of drug-likeness (QED) is 0.734. The molecule has 4 rings (SSSR count). The monoisotopic (exact) mass is 361 g/mol. The van der Waals surface area contributed by atoms with Crippen molar-refractivity contribution in [3.8, 4) is 11.3 Å². The van der Waals surface area contributed by atoms with Gasteiger partial charge in [0, 0.05) is 49.0 Å². The summed E-state index contributed by atoms with van der Waals surface area (Å²) in [4.78, 5) is 11.6. The van der Waals surface area contributed by atoms with Gasteiger partial charge in [-0.1, -0.05) is 25.0 Å². The molecule has 3 N–H and O–H groups in total. The zero-order valence-corrected chi connectivity index (χ0v) is 16.0. The number of nitrogens with two attached hydrogens (primary N) is 1. The van der Waals surface area contributed by atoms with Crippen LogP contribution in [0.25, 0.3) is 22.2 Å². The lowest BCUT2D eigenvalue weighted by Crippen LogP contribution is -2.42. The molecule has 5 heteroatoms. The van der Waals surface area contributed by atoms with Crippen LogP contribution in [0.15, 0.2) is 48.7 Å². The van der Waals surface area contributed by atoms with E-state index in [0.29, 0.717) is 0 Å². The van der Waals surface area contributed by atoms with E-state index < -0.39 is 0 Å². The average Bonchev–Trinajstić information content (AvgIpc) is 2.69. The summed E-state index contributed by atoms with van der Waals surface area (Å²) in [7, 11) is 4.09. The number of aromatic nitrogens is 2. The number of pyridine rings is 2. The Morgan fingerprint density at radius 2 is 1.85 bits per heavy atom. The molecule has 1 aromatic carbocycles. The predicted octanol–water partition coefficient (Wildman–Crippen LogP) is 4.04. The molecule has 0 amide bonds. The van der Waals surface area contributed by atoms with Crippen LogP contribution in [0.1, 0.15) is 25.7 Å². The largest absolute Gasteiger partial charge is 0.378 e. The molecular weight excluding hydrogens is 334 g/mol. The summed E-state index contributed by atoms with van der Waals surface area (Å²) in [6, 6.07) is 15.0. The highest BCUT2D eigenvalue weighted by Crippen LogP contribution is 2.29. The van der Waals surface area contributed by atoms with Gasteiger partial charge in [-0.25, -0.2) is 4.98 Å². The molecule has 0 radical (unpaired) electrons. The van der Waals surface area contributed by atoms with Crippen LogP contribution in [0.5, 0.6) is 0 Å². The van der Waals surface area contributed by atoms with E-state index in [9.17, 15) is 0 Å². The van der Waals surface area contributed by atoms with E-state index in [1.165, 1.54) is 18.5 Å². The molecule has 5 nitrogen and oxygen atoms in total. The molecule has 1 fully saturated rings. The second kappa shape index (κ2) is 7.53. The SMILES string of the molecule is CN(C)c1ccc(-c2cc3ncccc3c(NC3CCCCC3N)n2)cc1. The molecule has 2 aromatic heterocycles. The van der Waals surface area contributed by atoms with Gasteiger partial charge in [0.1, 0.15) is 5.82 Å². The maximum atomic E-state index is 6.35. The van der Waals surface area contributed by atoms with Gasteiger partial charge >= 0.3 is 0 Å². The van der Waals surface area contributed by atoms with E-state index in [-0.39, 0.29) is 12.1 Å². The summed E-state index contributed by atoms with van der Waals surface area (Å²) in [6.07, 6.45) is 6.42. The first-order chi connectivity index (χ1) is 13.1. The summed E-state index contributed by atoms with van der Waals surface area (Å²) >= 11 is 0. The molecule has 2 heterocycles. The number of hydrogen-bond acceptors (Lipinski definition) is 5. The van der Waals surface area contributed by atoms with Gasteiger partial charge in [-0.15, -0.1) is 0 Å². The summed E-state index contributed by atoms with van der Waals surface area (Å²) in [5.74, 6) is 0.884. The third-order valence-electron chi connectivity index (χ3n) is 5.42. The molecule has 0 bridgehead atoms. The summed E-state index contributed by atoms with van der Waals surface area (Å²) in [5, 5.41) is 4.67. The third kappa shape index (κ3) is 3.74. The van der Waals surface area contributed by atoms with Gasteiger partial charge in [0.2, 0.25) is 0 Å². The number of fused-ring (bicyclic) bond motifs is 1. The van der Waals surface area contributed by atoms with Crippen molar-refractivity contribution in [2.45, 2.75) is 37.8 Å². The fraction of sp³-hybridized carbons (Fsp3) is 0.364. The first-order valence-corrected chi connectivity index (χ1v) is 9.67. The van der Waals surface area contributed by atoms with Crippen molar-refractivity contribution in [2.75, 3.05) is 24.3 Å². The molecule has 2 unspecified atom stereocenters. The molecule has 1 aliphatic rings. The van der Waals surface area contributed by atoms with E-state index in [4.69, 9.17) is 10.7 Å². The molecule has 0 aliphatic heterocycles.